The summed E-state index contributed by atoms with van der Waals surface area (Å²) in [6.45, 7) is 80.3. The van der Waals surface area contributed by atoms with Crippen LogP contribution in [0.15, 0.2) is 215 Å². The molecule has 10 aromatic carbocycles. The van der Waals surface area contributed by atoms with Gasteiger partial charge in [-0.15, -0.1) is 0 Å². The third kappa shape index (κ3) is 28.2. The minimum absolute atomic E-state index is 0.0232. The zero-order chi connectivity index (χ0) is 104. The van der Waals surface area contributed by atoms with Gasteiger partial charge in [0.15, 0.2) is 0 Å². The molecular weight excluding hydrogens is 1830 g/mol. The fourth-order valence-electron chi connectivity index (χ4n) is 19.3. The lowest BCUT2D eigenvalue weighted by molar-refractivity contribution is -0.0673. The molecule has 3 aliphatic heterocycles. The van der Waals surface area contributed by atoms with Gasteiger partial charge in [0.25, 0.3) is 0 Å². The maximum Gasteiger partial charge on any atom is 0.463 e. The fraction of sp³-hybridized carbons (Fsp3) is 0.524. The summed E-state index contributed by atoms with van der Waals surface area (Å²) in [5.41, 5.74) is 22.2. The van der Waals surface area contributed by atoms with Crippen molar-refractivity contribution in [1.82, 2.24) is 0 Å². The van der Waals surface area contributed by atoms with Crippen molar-refractivity contribution < 1.29 is 53.6 Å². The first-order valence-corrected chi connectivity index (χ1v) is 57.2. The Morgan fingerprint density at radius 2 is 0.634 bits per heavy atom. The van der Waals surface area contributed by atoms with Gasteiger partial charge < -0.3 is 44.6 Å². The monoisotopic (exact) mass is 2000 g/mol. The standard InChI is InChI=1S/C53H58O6P2.C37H59O3P.C36H57O3P/c1-49(2,39-21-13-9-14-22-39)43-29-31-47(45(33-43)51(5,6)41-25-17-11-18-26-41)58-60-54-35-53(36-55-60)37-56-61(57-38-53)59-48-32-30-44(50(3,4)40-23-15-10-16-24-40)34-46(48)52(7,8)42-27-19-12-20-28-42;1-15-17-18-25(16-2)24-38-41-39-32-26(20-28(34(3,4)5)22-30(32)36(9,10)11)19-27-21-29(35(6,7)8)23-31(33(27)40-41)37(12,13)14;1-13-15-16-26(14-2)23-37-40-38-33-29(19-27(17-24(3)4)21-31(33)35(7,8)9)30-20-28(18-25(5)6)22-32(34(30)39-40)36(10,11)12/h9-34H,35-38H2,1-8H3;20-23,25H,15-19,24H2,1-14H3;19-22,24-26H,13-18,23H2,1-12H3. The predicted octanol–water partition coefficient (Wildman–Crippen LogP) is 37.6. The molecule has 0 bridgehead atoms. The molecule has 2 atom stereocenters. The summed E-state index contributed by atoms with van der Waals surface area (Å²) in [6.07, 6.45) is 12.3. The molecule has 16 heteroatoms. The van der Waals surface area contributed by atoms with E-state index in [1.807, 2.05) is 0 Å². The highest BCUT2D eigenvalue weighted by Gasteiger charge is 2.47. The van der Waals surface area contributed by atoms with Gasteiger partial charge in [0.05, 0.1) is 45.1 Å². The molecule has 0 aliphatic carbocycles. The molecule has 14 rings (SSSR count). The van der Waals surface area contributed by atoms with Crippen LogP contribution in [0.3, 0.4) is 0 Å². The van der Waals surface area contributed by atoms with Crippen molar-refractivity contribution in [3.8, 4) is 23.0 Å². The molecule has 2 fully saturated rings. The Balaban J connectivity index is 0.000000197. The molecule has 1 spiro atoms. The van der Waals surface area contributed by atoms with Gasteiger partial charge in [0.2, 0.25) is 0 Å². The number of fused-ring (bicyclic) bond motifs is 5. The Morgan fingerprint density at radius 3 is 0.937 bits per heavy atom. The van der Waals surface area contributed by atoms with Crippen LogP contribution in [0.1, 0.15) is 387 Å². The summed E-state index contributed by atoms with van der Waals surface area (Å²) in [5.74, 6) is 5.56. The van der Waals surface area contributed by atoms with Crippen LogP contribution >= 0.6 is 34.0 Å². The fourth-order valence-corrected chi connectivity index (χ4v) is 24.2. The first-order chi connectivity index (χ1) is 66.6. The van der Waals surface area contributed by atoms with Crippen molar-refractivity contribution in [1.29, 1.82) is 0 Å². The maximum absolute atomic E-state index is 6.90. The summed E-state index contributed by atoms with van der Waals surface area (Å²) in [5, 5.41) is 2.31. The van der Waals surface area contributed by atoms with Crippen LogP contribution in [0.2, 0.25) is 0 Å². The van der Waals surface area contributed by atoms with E-state index >= 15 is 0 Å². The number of hydrogen-bond donors (Lipinski definition) is 0. The molecule has 0 amide bonds. The van der Waals surface area contributed by atoms with E-state index in [4.69, 9.17) is 53.6 Å². The zero-order valence-electron chi connectivity index (χ0n) is 93.1. The first-order valence-electron chi connectivity index (χ1n) is 52.9. The molecule has 2 saturated heterocycles. The molecule has 4 heterocycles. The SMILES string of the molecule is CC(C)(c1ccccc1)c1ccc(OP2OCC3(CO2)COP(Oc2ccc(C(C)(C)c4ccccc4)cc2C(C)(C)c2ccccc2)OC3)c(C(C)(C)c2ccccc2)c1.CCCCC(CC)COP1Oc2c(cc(C(C)(C)C)cc2C(C)(C)C)Cc2cc(C(C)(C)C)cc(C(C)(C)C)c2O1.CCCCC(CC)COp1oc2c(C(C)(C)C)cc(CC(C)C)cc2c2cc(CC(C)C)cc(C(C)(C)C)c2o1. The van der Waals surface area contributed by atoms with Crippen LogP contribution in [0.4, 0.5) is 0 Å². The van der Waals surface area contributed by atoms with Crippen LogP contribution in [0.25, 0.3) is 21.9 Å². The molecule has 1 aromatic heterocycles. The van der Waals surface area contributed by atoms with E-state index in [9.17, 15) is 0 Å². The zero-order valence-corrected chi connectivity index (χ0v) is 96.7. The topological polar surface area (TPSA) is 119 Å². The van der Waals surface area contributed by atoms with Gasteiger partial charge in [0, 0.05) is 72.2 Å². The summed E-state index contributed by atoms with van der Waals surface area (Å²) >= 11 is 0. The van der Waals surface area contributed by atoms with Gasteiger partial charge in [-0.05, 0) is 173 Å². The van der Waals surface area contributed by atoms with E-state index in [0.29, 0.717) is 63.3 Å². The summed E-state index contributed by atoms with van der Waals surface area (Å²) in [6, 6.07) is 74.5. The van der Waals surface area contributed by atoms with Gasteiger partial charge in [-0.2, -0.15) is 0 Å². The van der Waals surface area contributed by atoms with Gasteiger partial charge in [0.1, 0.15) is 34.2 Å². The van der Waals surface area contributed by atoms with Crippen LogP contribution in [-0.2, 0) is 96.0 Å². The van der Waals surface area contributed by atoms with Gasteiger partial charge >= 0.3 is 34.0 Å². The summed E-state index contributed by atoms with van der Waals surface area (Å²) in [4.78, 5) is 0. The van der Waals surface area contributed by atoms with E-state index in [-0.39, 0.29) is 54.1 Å². The molecule has 2 unspecified atom stereocenters. The van der Waals surface area contributed by atoms with Crippen LogP contribution in [0, 0.1) is 29.1 Å². The average molecular weight is 2000 g/mol. The number of rotatable bonds is 30. The Kier molecular flexibility index (Phi) is 37.3. The maximum atomic E-state index is 6.90. The van der Waals surface area contributed by atoms with Gasteiger partial charge in [-0.1, -0.05) is 456 Å². The predicted molar refractivity (Wildman–Crippen MR) is 602 cm³/mol. The van der Waals surface area contributed by atoms with E-state index in [0.717, 1.165) is 88.2 Å². The van der Waals surface area contributed by atoms with E-state index in [2.05, 4.69) is 442 Å². The molecule has 0 saturated carbocycles. The highest BCUT2D eigenvalue weighted by molar-refractivity contribution is 7.43. The normalized spacial score (nSPS) is 17.0. The molecule has 12 nitrogen and oxygen atoms in total. The van der Waals surface area contributed by atoms with Crippen molar-refractivity contribution in [3.05, 3.63) is 306 Å². The lowest BCUT2D eigenvalue weighted by Crippen LogP contribution is -2.45. The second kappa shape index (κ2) is 46.8. The quantitative estimate of drug-likeness (QED) is 0.0399. The van der Waals surface area contributed by atoms with Crippen molar-refractivity contribution >= 4 is 56.0 Å². The van der Waals surface area contributed by atoms with Crippen LogP contribution in [-0.4, -0.2) is 39.6 Å². The van der Waals surface area contributed by atoms with E-state index in [1.54, 1.807) is 0 Å². The molecule has 142 heavy (non-hydrogen) atoms. The molecule has 11 aromatic rings. The summed E-state index contributed by atoms with van der Waals surface area (Å²) < 4.78 is 79.6. The van der Waals surface area contributed by atoms with E-state index < -0.39 is 39.5 Å². The minimum atomic E-state index is -1.67. The Morgan fingerprint density at radius 1 is 0.317 bits per heavy atom. The first kappa shape index (κ1) is 113. The molecular formula is C126H174O12P4. The highest BCUT2D eigenvalue weighted by atomic mass is 31.2. The summed E-state index contributed by atoms with van der Waals surface area (Å²) in [7, 11) is -6.59. The smallest absolute Gasteiger partial charge is 0.426 e. The molecule has 0 N–H and O–H groups in total. The number of benzene rings is 10. The Hall–Kier alpha value is -7.65. The van der Waals surface area contributed by atoms with Crippen molar-refractivity contribution in [3.63, 3.8) is 0 Å². The molecule has 0 radical (unpaired) electrons. The van der Waals surface area contributed by atoms with Crippen LogP contribution in [0.5, 0.6) is 23.0 Å². The lowest BCUT2D eigenvalue weighted by atomic mass is 9.73. The Labute approximate surface area is 862 Å². The van der Waals surface area contributed by atoms with E-state index in [1.165, 1.54) is 128 Å². The molecule has 3 aliphatic rings. The van der Waals surface area contributed by atoms with Crippen LogP contribution < -0.4 is 22.6 Å². The third-order valence-electron chi connectivity index (χ3n) is 29.1. The average Bonchev–Trinajstić information content (AvgIpc) is 1.39. The molecule has 770 valence electrons. The van der Waals surface area contributed by atoms with Crippen molar-refractivity contribution in [2.45, 2.75) is 360 Å². The third-order valence-corrected chi connectivity index (χ3v) is 33.2. The van der Waals surface area contributed by atoms with Gasteiger partial charge in [-0.3, -0.25) is 9.05 Å². The van der Waals surface area contributed by atoms with Crippen molar-refractivity contribution in [2.75, 3.05) is 39.6 Å². The lowest BCUT2D eigenvalue weighted by Gasteiger charge is -2.41. The number of unbranched alkanes of at least 4 members (excludes halogenated alkanes) is 2. The number of hydrogen-bond acceptors (Lipinski definition) is 12. The minimum Gasteiger partial charge on any atom is -0.426 e. The Bertz CT molecular complexity index is 5650. The van der Waals surface area contributed by atoms with Crippen molar-refractivity contribution in [2.24, 2.45) is 29.1 Å². The van der Waals surface area contributed by atoms with Gasteiger partial charge in [-0.25, -0.2) is 0 Å². The second-order valence-electron chi connectivity index (χ2n) is 49.8. The highest BCUT2D eigenvalue weighted by Crippen LogP contribution is 2.59. The largest absolute Gasteiger partial charge is 0.463 e. The second-order valence-corrected chi connectivity index (χ2v) is 54.2.